The lowest BCUT2D eigenvalue weighted by atomic mass is 10.0. The number of amides is 1. The normalized spacial score (nSPS) is 10.6. The molecule has 0 fully saturated rings. The standard InChI is InChI=1S/C16H21N3O/c1-5-19-9-8-14(17-19)11-18(4)16(20)15-7-6-12(2)10-13(15)3/h6-10H,5,11H2,1-4H3. The van der Waals surface area contributed by atoms with Gasteiger partial charge in [0, 0.05) is 25.4 Å². The number of carbonyl (C=O) groups excluding carboxylic acids is 1. The highest BCUT2D eigenvalue weighted by Gasteiger charge is 2.15. The first-order valence-electron chi connectivity index (χ1n) is 6.86. The summed E-state index contributed by atoms with van der Waals surface area (Å²) >= 11 is 0. The molecule has 2 aromatic rings. The first kappa shape index (κ1) is 14.3. The predicted octanol–water partition coefficient (Wildman–Crippen LogP) is 2.79. The van der Waals surface area contributed by atoms with Crippen LogP contribution in [0.2, 0.25) is 0 Å². The summed E-state index contributed by atoms with van der Waals surface area (Å²) in [5.41, 5.74) is 3.85. The van der Waals surface area contributed by atoms with Crippen LogP contribution in [0.4, 0.5) is 0 Å². The minimum absolute atomic E-state index is 0.0357. The molecule has 0 radical (unpaired) electrons. The molecule has 2 rings (SSSR count). The largest absolute Gasteiger partial charge is 0.336 e. The van der Waals surface area contributed by atoms with Gasteiger partial charge in [-0.25, -0.2) is 0 Å². The maximum atomic E-state index is 12.4. The fourth-order valence-electron chi connectivity index (χ4n) is 2.24. The van der Waals surface area contributed by atoms with E-state index in [9.17, 15) is 4.79 Å². The maximum absolute atomic E-state index is 12.4. The molecule has 4 nitrogen and oxygen atoms in total. The Balaban J connectivity index is 2.12. The lowest BCUT2D eigenvalue weighted by Gasteiger charge is -2.17. The van der Waals surface area contributed by atoms with Gasteiger partial charge in [-0.15, -0.1) is 0 Å². The number of nitrogens with zero attached hydrogens (tertiary/aromatic N) is 3. The molecule has 20 heavy (non-hydrogen) atoms. The molecule has 1 aromatic heterocycles. The number of aryl methyl sites for hydroxylation is 3. The molecule has 0 spiro atoms. The fraction of sp³-hybridized carbons (Fsp3) is 0.375. The molecule has 0 N–H and O–H groups in total. The minimum atomic E-state index is 0.0357. The van der Waals surface area contributed by atoms with E-state index in [0.29, 0.717) is 6.54 Å². The van der Waals surface area contributed by atoms with Crippen molar-refractivity contribution in [3.8, 4) is 0 Å². The summed E-state index contributed by atoms with van der Waals surface area (Å²) in [7, 11) is 1.81. The van der Waals surface area contributed by atoms with Crippen molar-refractivity contribution in [1.29, 1.82) is 0 Å². The van der Waals surface area contributed by atoms with Crippen LogP contribution >= 0.6 is 0 Å². The first-order chi connectivity index (χ1) is 9.51. The maximum Gasteiger partial charge on any atom is 0.254 e. The molecule has 0 aliphatic heterocycles. The molecule has 0 saturated carbocycles. The molecule has 1 aromatic carbocycles. The van der Waals surface area contributed by atoms with E-state index >= 15 is 0 Å². The number of hydrogen-bond donors (Lipinski definition) is 0. The number of carbonyl (C=O) groups is 1. The zero-order valence-corrected chi connectivity index (χ0v) is 12.6. The highest BCUT2D eigenvalue weighted by molar-refractivity contribution is 5.95. The number of hydrogen-bond acceptors (Lipinski definition) is 2. The van der Waals surface area contributed by atoms with Gasteiger partial charge in [0.15, 0.2) is 0 Å². The van der Waals surface area contributed by atoms with Crippen molar-refractivity contribution in [3.63, 3.8) is 0 Å². The van der Waals surface area contributed by atoms with E-state index in [0.717, 1.165) is 23.4 Å². The van der Waals surface area contributed by atoms with Crippen LogP contribution in [0.3, 0.4) is 0 Å². The highest BCUT2D eigenvalue weighted by Crippen LogP contribution is 2.13. The number of aromatic nitrogens is 2. The van der Waals surface area contributed by atoms with E-state index in [1.165, 1.54) is 5.56 Å². The Morgan fingerprint density at radius 1 is 1.30 bits per heavy atom. The summed E-state index contributed by atoms with van der Waals surface area (Å²) < 4.78 is 1.87. The van der Waals surface area contributed by atoms with E-state index in [-0.39, 0.29) is 5.91 Å². The van der Waals surface area contributed by atoms with Crippen LogP contribution in [0.5, 0.6) is 0 Å². The number of rotatable bonds is 4. The van der Waals surface area contributed by atoms with Crippen LogP contribution in [-0.2, 0) is 13.1 Å². The van der Waals surface area contributed by atoms with Gasteiger partial charge in [-0.3, -0.25) is 9.48 Å². The van der Waals surface area contributed by atoms with Gasteiger partial charge in [0.25, 0.3) is 5.91 Å². The van der Waals surface area contributed by atoms with E-state index in [4.69, 9.17) is 0 Å². The van der Waals surface area contributed by atoms with E-state index in [1.54, 1.807) is 4.90 Å². The summed E-state index contributed by atoms with van der Waals surface area (Å²) in [4.78, 5) is 14.2. The van der Waals surface area contributed by atoms with E-state index in [2.05, 4.69) is 5.10 Å². The van der Waals surface area contributed by atoms with Crippen LogP contribution in [0, 0.1) is 13.8 Å². The van der Waals surface area contributed by atoms with Crippen molar-refractivity contribution in [2.45, 2.75) is 33.9 Å². The average Bonchev–Trinajstić information content (AvgIpc) is 2.85. The Kier molecular flexibility index (Phi) is 4.23. The van der Waals surface area contributed by atoms with Crippen LogP contribution in [0.1, 0.15) is 34.1 Å². The molecule has 0 unspecified atom stereocenters. The van der Waals surface area contributed by atoms with Crippen molar-refractivity contribution in [2.75, 3.05) is 7.05 Å². The van der Waals surface area contributed by atoms with Crippen molar-refractivity contribution in [3.05, 3.63) is 52.8 Å². The van der Waals surface area contributed by atoms with Crippen LogP contribution in [0.25, 0.3) is 0 Å². The molecule has 0 aliphatic carbocycles. The van der Waals surface area contributed by atoms with Crippen molar-refractivity contribution in [2.24, 2.45) is 0 Å². The summed E-state index contributed by atoms with van der Waals surface area (Å²) in [6.07, 6.45) is 1.94. The Bertz CT molecular complexity index is 616. The second-order valence-corrected chi connectivity index (χ2v) is 5.14. The second-order valence-electron chi connectivity index (χ2n) is 5.14. The fourth-order valence-corrected chi connectivity index (χ4v) is 2.24. The Labute approximate surface area is 120 Å². The third-order valence-electron chi connectivity index (χ3n) is 3.38. The zero-order valence-electron chi connectivity index (χ0n) is 12.6. The Morgan fingerprint density at radius 2 is 2.05 bits per heavy atom. The summed E-state index contributed by atoms with van der Waals surface area (Å²) in [6, 6.07) is 7.86. The topological polar surface area (TPSA) is 38.1 Å². The molecular formula is C16H21N3O. The molecular weight excluding hydrogens is 250 g/mol. The van der Waals surface area contributed by atoms with Crippen molar-refractivity contribution in [1.82, 2.24) is 14.7 Å². The second kappa shape index (κ2) is 5.90. The average molecular weight is 271 g/mol. The zero-order chi connectivity index (χ0) is 14.7. The summed E-state index contributed by atoms with van der Waals surface area (Å²) in [6.45, 7) is 7.41. The molecule has 0 saturated heterocycles. The molecule has 4 heteroatoms. The third-order valence-corrected chi connectivity index (χ3v) is 3.38. The molecule has 1 amide bonds. The SMILES string of the molecule is CCn1ccc(CN(C)C(=O)c2ccc(C)cc2C)n1. The van der Waals surface area contributed by atoms with Gasteiger partial charge in [-0.1, -0.05) is 17.7 Å². The molecule has 1 heterocycles. The van der Waals surface area contributed by atoms with Gasteiger partial charge >= 0.3 is 0 Å². The minimum Gasteiger partial charge on any atom is -0.336 e. The van der Waals surface area contributed by atoms with Gasteiger partial charge in [0.2, 0.25) is 0 Å². The number of benzene rings is 1. The lowest BCUT2D eigenvalue weighted by Crippen LogP contribution is -2.27. The predicted molar refractivity (Wildman–Crippen MR) is 79.6 cm³/mol. The third kappa shape index (κ3) is 3.07. The molecule has 0 atom stereocenters. The van der Waals surface area contributed by atoms with Crippen LogP contribution in [0.15, 0.2) is 30.5 Å². The summed E-state index contributed by atoms with van der Waals surface area (Å²) in [5, 5.41) is 4.40. The quantitative estimate of drug-likeness (QED) is 0.857. The van der Waals surface area contributed by atoms with Gasteiger partial charge in [-0.05, 0) is 38.5 Å². The molecule has 0 bridgehead atoms. The highest BCUT2D eigenvalue weighted by atomic mass is 16.2. The monoisotopic (exact) mass is 271 g/mol. The molecule has 106 valence electrons. The van der Waals surface area contributed by atoms with E-state index < -0.39 is 0 Å². The smallest absolute Gasteiger partial charge is 0.254 e. The van der Waals surface area contributed by atoms with Gasteiger partial charge in [0.05, 0.1) is 12.2 Å². The van der Waals surface area contributed by atoms with Crippen molar-refractivity contribution < 1.29 is 4.79 Å². The molecule has 0 aliphatic rings. The van der Waals surface area contributed by atoms with Gasteiger partial charge in [0.1, 0.15) is 0 Å². The van der Waals surface area contributed by atoms with E-state index in [1.807, 2.05) is 63.0 Å². The van der Waals surface area contributed by atoms with Gasteiger partial charge in [-0.2, -0.15) is 5.10 Å². The van der Waals surface area contributed by atoms with Crippen LogP contribution < -0.4 is 0 Å². The first-order valence-corrected chi connectivity index (χ1v) is 6.86. The van der Waals surface area contributed by atoms with Crippen LogP contribution in [-0.4, -0.2) is 27.6 Å². The summed E-state index contributed by atoms with van der Waals surface area (Å²) in [5.74, 6) is 0.0357. The lowest BCUT2D eigenvalue weighted by molar-refractivity contribution is 0.0782. The van der Waals surface area contributed by atoms with Crippen molar-refractivity contribution >= 4 is 5.91 Å². The Hall–Kier alpha value is -2.10. The van der Waals surface area contributed by atoms with Gasteiger partial charge < -0.3 is 4.90 Å². The Morgan fingerprint density at radius 3 is 2.65 bits per heavy atom.